The van der Waals surface area contributed by atoms with E-state index in [1.54, 1.807) is 0 Å². The zero-order valence-corrected chi connectivity index (χ0v) is 13.5. The van der Waals surface area contributed by atoms with Gasteiger partial charge in [0, 0.05) is 18.8 Å². The van der Waals surface area contributed by atoms with E-state index in [1.807, 2.05) is 44.0 Å². The van der Waals surface area contributed by atoms with E-state index in [1.165, 1.54) is 5.56 Å². The van der Waals surface area contributed by atoms with Crippen molar-refractivity contribution in [1.29, 1.82) is 0 Å². The number of benzene rings is 1. The van der Waals surface area contributed by atoms with Crippen molar-refractivity contribution in [1.82, 2.24) is 5.32 Å². The molecule has 1 atom stereocenters. The summed E-state index contributed by atoms with van der Waals surface area (Å²) in [6, 6.07) is 5.75. The van der Waals surface area contributed by atoms with E-state index in [2.05, 4.69) is 5.32 Å². The van der Waals surface area contributed by atoms with Gasteiger partial charge in [-0.2, -0.15) is 0 Å². The number of aryl methyl sites for hydroxylation is 1. The lowest BCUT2D eigenvalue weighted by Crippen LogP contribution is -2.41. The van der Waals surface area contributed by atoms with E-state index in [4.69, 9.17) is 0 Å². The highest BCUT2D eigenvalue weighted by atomic mass is 32.2. The van der Waals surface area contributed by atoms with Crippen molar-refractivity contribution < 1.29 is 13.2 Å². The van der Waals surface area contributed by atoms with Crippen LogP contribution in [0, 0.1) is 13.8 Å². The third-order valence-electron chi connectivity index (χ3n) is 3.97. The zero-order chi connectivity index (χ0) is 15.6. The van der Waals surface area contributed by atoms with Crippen molar-refractivity contribution in [3.63, 3.8) is 0 Å². The van der Waals surface area contributed by atoms with Gasteiger partial charge in [-0.15, -0.1) is 0 Å². The van der Waals surface area contributed by atoms with Crippen LogP contribution < -0.4 is 10.2 Å². The topological polar surface area (TPSA) is 66.5 Å². The molecular weight excluding hydrogens is 288 g/mol. The first-order valence-electron chi connectivity index (χ1n) is 7.05. The number of likely N-dealkylation sites (N-methyl/N-ethyl adjacent to an activating group) is 1. The Bertz CT molecular complexity index is 640. The average Bonchev–Trinajstić information content (AvgIpc) is 2.71. The standard InChI is InChI=1S/C15H22N2O3S/c1-11-5-4-6-14(12(11)2)17(3)9-15(18)16-13-7-8-21(19,20)10-13/h4-6,13H,7-10H2,1-3H3,(H,16,18)/t13-/m1/s1. The summed E-state index contributed by atoms with van der Waals surface area (Å²) in [7, 11) is -1.09. The van der Waals surface area contributed by atoms with Gasteiger partial charge in [-0.1, -0.05) is 12.1 Å². The van der Waals surface area contributed by atoms with Crippen LogP contribution in [0.25, 0.3) is 0 Å². The molecule has 1 fully saturated rings. The normalized spacial score (nSPS) is 20.2. The minimum absolute atomic E-state index is 0.0614. The molecule has 5 nitrogen and oxygen atoms in total. The molecule has 116 valence electrons. The predicted octanol–water partition coefficient (Wildman–Crippen LogP) is 1.04. The van der Waals surface area contributed by atoms with Crippen LogP contribution in [-0.2, 0) is 14.6 Å². The Labute approximate surface area is 126 Å². The summed E-state index contributed by atoms with van der Waals surface area (Å²) >= 11 is 0. The molecule has 1 aromatic rings. The number of sulfone groups is 1. The number of hydrogen-bond acceptors (Lipinski definition) is 4. The largest absolute Gasteiger partial charge is 0.365 e. The summed E-state index contributed by atoms with van der Waals surface area (Å²) in [5, 5.41) is 2.81. The number of carbonyl (C=O) groups excluding carboxylic acids is 1. The predicted molar refractivity (Wildman–Crippen MR) is 84.4 cm³/mol. The third-order valence-corrected chi connectivity index (χ3v) is 5.73. The van der Waals surface area contributed by atoms with Crippen molar-refractivity contribution in [2.45, 2.75) is 26.3 Å². The second-order valence-corrected chi connectivity index (χ2v) is 7.97. The zero-order valence-electron chi connectivity index (χ0n) is 12.7. The lowest BCUT2D eigenvalue weighted by Gasteiger charge is -2.22. The monoisotopic (exact) mass is 310 g/mol. The number of carbonyl (C=O) groups is 1. The highest BCUT2D eigenvalue weighted by Crippen LogP contribution is 2.21. The van der Waals surface area contributed by atoms with E-state index < -0.39 is 9.84 Å². The molecule has 1 aromatic carbocycles. The van der Waals surface area contributed by atoms with E-state index in [0.29, 0.717) is 6.42 Å². The molecule has 0 aromatic heterocycles. The number of anilines is 1. The Morgan fingerprint density at radius 1 is 1.38 bits per heavy atom. The Kier molecular flexibility index (Phi) is 4.56. The smallest absolute Gasteiger partial charge is 0.239 e. The average molecular weight is 310 g/mol. The van der Waals surface area contributed by atoms with Crippen LogP contribution in [0.3, 0.4) is 0 Å². The van der Waals surface area contributed by atoms with Crippen molar-refractivity contribution in [2.75, 3.05) is 30.0 Å². The van der Waals surface area contributed by atoms with Crippen LogP contribution in [0.5, 0.6) is 0 Å². The number of nitrogens with zero attached hydrogens (tertiary/aromatic N) is 1. The Morgan fingerprint density at radius 3 is 2.71 bits per heavy atom. The molecule has 1 amide bonds. The fraction of sp³-hybridized carbons (Fsp3) is 0.533. The first-order chi connectivity index (χ1) is 9.78. The molecule has 1 heterocycles. The quantitative estimate of drug-likeness (QED) is 0.902. The number of nitrogens with one attached hydrogen (secondary N) is 1. The molecule has 1 saturated heterocycles. The van der Waals surface area contributed by atoms with Crippen LogP contribution in [0.4, 0.5) is 5.69 Å². The first-order valence-corrected chi connectivity index (χ1v) is 8.88. The summed E-state index contributed by atoms with van der Waals surface area (Å²) in [6.07, 6.45) is 0.515. The Balaban J connectivity index is 1.95. The van der Waals surface area contributed by atoms with E-state index in [-0.39, 0.29) is 30.0 Å². The number of rotatable bonds is 4. The molecule has 0 bridgehead atoms. The molecule has 1 aliphatic rings. The lowest BCUT2D eigenvalue weighted by molar-refractivity contribution is -0.120. The summed E-state index contributed by atoms with van der Waals surface area (Å²) in [4.78, 5) is 13.9. The molecule has 21 heavy (non-hydrogen) atoms. The molecule has 0 unspecified atom stereocenters. The summed E-state index contributed by atoms with van der Waals surface area (Å²) in [5.74, 6) is 0.0944. The Morgan fingerprint density at radius 2 is 2.10 bits per heavy atom. The SMILES string of the molecule is Cc1cccc(N(C)CC(=O)N[C@@H]2CCS(=O)(=O)C2)c1C. The maximum Gasteiger partial charge on any atom is 0.239 e. The van der Waals surface area contributed by atoms with E-state index in [0.717, 1.165) is 11.3 Å². The molecule has 0 saturated carbocycles. The molecule has 0 aliphatic carbocycles. The van der Waals surface area contributed by atoms with Crippen molar-refractivity contribution in [3.05, 3.63) is 29.3 Å². The van der Waals surface area contributed by atoms with Crippen LogP contribution in [0.1, 0.15) is 17.5 Å². The number of hydrogen-bond donors (Lipinski definition) is 1. The van der Waals surface area contributed by atoms with Gasteiger partial charge in [0.05, 0.1) is 18.1 Å². The highest BCUT2D eigenvalue weighted by molar-refractivity contribution is 7.91. The summed E-state index contributed by atoms with van der Waals surface area (Å²) < 4.78 is 22.8. The van der Waals surface area contributed by atoms with E-state index >= 15 is 0 Å². The van der Waals surface area contributed by atoms with Gasteiger partial charge in [-0.05, 0) is 37.5 Å². The van der Waals surface area contributed by atoms with Crippen LogP contribution >= 0.6 is 0 Å². The molecular formula is C15H22N2O3S. The first kappa shape index (κ1) is 15.8. The molecule has 0 spiro atoms. The minimum Gasteiger partial charge on any atom is -0.365 e. The van der Waals surface area contributed by atoms with Crippen LogP contribution in [-0.4, -0.2) is 45.5 Å². The van der Waals surface area contributed by atoms with Gasteiger partial charge in [-0.25, -0.2) is 8.42 Å². The molecule has 2 rings (SSSR count). The molecule has 0 radical (unpaired) electrons. The maximum atomic E-state index is 12.0. The highest BCUT2D eigenvalue weighted by Gasteiger charge is 2.29. The van der Waals surface area contributed by atoms with Gasteiger partial charge >= 0.3 is 0 Å². The van der Waals surface area contributed by atoms with Crippen molar-refractivity contribution >= 4 is 21.4 Å². The van der Waals surface area contributed by atoms with E-state index in [9.17, 15) is 13.2 Å². The minimum atomic E-state index is -2.96. The van der Waals surface area contributed by atoms with Gasteiger partial charge in [0.1, 0.15) is 0 Å². The van der Waals surface area contributed by atoms with Crippen molar-refractivity contribution in [3.8, 4) is 0 Å². The van der Waals surface area contributed by atoms with Gasteiger partial charge < -0.3 is 10.2 Å². The third kappa shape index (κ3) is 3.97. The maximum absolute atomic E-state index is 12.0. The van der Waals surface area contributed by atoms with Gasteiger partial charge in [-0.3, -0.25) is 4.79 Å². The summed E-state index contributed by atoms with van der Waals surface area (Å²) in [5.41, 5.74) is 3.35. The fourth-order valence-electron chi connectivity index (χ4n) is 2.63. The van der Waals surface area contributed by atoms with Gasteiger partial charge in [0.15, 0.2) is 9.84 Å². The van der Waals surface area contributed by atoms with Crippen LogP contribution in [0.2, 0.25) is 0 Å². The number of amides is 1. The van der Waals surface area contributed by atoms with Crippen molar-refractivity contribution in [2.24, 2.45) is 0 Å². The second-order valence-electron chi connectivity index (χ2n) is 5.74. The Hall–Kier alpha value is -1.56. The lowest BCUT2D eigenvalue weighted by atomic mass is 10.1. The fourth-order valence-corrected chi connectivity index (χ4v) is 4.31. The summed E-state index contributed by atoms with van der Waals surface area (Å²) in [6.45, 7) is 4.29. The second kappa shape index (κ2) is 6.05. The molecule has 1 N–H and O–H groups in total. The van der Waals surface area contributed by atoms with Gasteiger partial charge in [0.25, 0.3) is 0 Å². The molecule has 1 aliphatic heterocycles. The molecule has 6 heteroatoms. The van der Waals surface area contributed by atoms with Gasteiger partial charge in [0.2, 0.25) is 5.91 Å². The van der Waals surface area contributed by atoms with Crippen LogP contribution in [0.15, 0.2) is 18.2 Å².